The van der Waals surface area contributed by atoms with Crippen molar-refractivity contribution in [1.29, 1.82) is 0 Å². The molecule has 1 N–H and O–H groups in total. The molecule has 34 heavy (non-hydrogen) atoms. The number of rotatable bonds is 6. The van der Waals surface area contributed by atoms with Crippen molar-refractivity contribution in [2.45, 2.75) is 71.4 Å². The first-order valence-electron chi connectivity index (χ1n) is 12.4. The third-order valence-electron chi connectivity index (χ3n) is 6.86. The maximum absolute atomic E-state index is 13.3. The molecule has 3 heterocycles. The van der Waals surface area contributed by atoms with Gasteiger partial charge in [-0.05, 0) is 49.8 Å². The Morgan fingerprint density at radius 3 is 2.50 bits per heavy atom. The molecule has 1 amide bonds. The summed E-state index contributed by atoms with van der Waals surface area (Å²) in [4.78, 5) is 16.4. The van der Waals surface area contributed by atoms with Gasteiger partial charge in [0.1, 0.15) is 5.82 Å². The smallest absolute Gasteiger partial charge is 0.217 e. The molecule has 9 heteroatoms. The van der Waals surface area contributed by atoms with E-state index in [1.54, 1.807) is 6.92 Å². The van der Waals surface area contributed by atoms with Crippen LogP contribution in [0.5, 0.6) is 0 Å². The highest BCUT2D eigenvalue weighted by Crippen LogP contribution is 2.31. The number of benzene rings is 1. The van der Waals surface area contributed by atoms with Gasteiger partial charge in [0.2, 0.25) is 5.91 Å². The number of imidazole rings is 1. The predicted molar refractivity (Wildman–Crippen MR) is 137 cm³/mol. The average molecular weight is 490 g/mol. The summed E-state index contributed by atoms with van der Waals surface area (Å²) < 4.78 is 25.0. The molecule has 8 nitrogen and oxygen atoms in total. The Bertz CT molecular complexity index is 1030. The zero-order valence-corrected chi connectivity index (χ0v) is 22.0. The zero-order valence-electron chi connectivity index (χ0n) is 21.2. The lowest BCUT2D eigenvalue weighted by Crippen LogP contribution is -2.47. The fourth-order valence-electron chi connectivity index (χ4n) is 4.97. The number of nitrogens with zero attached hydrogens (tertiary/aromatic N) is 4. The van der Waals surface area contributed by atoms with Crippen LogP contribution < -0.4 is 9.62 Å². The summed E-state index contributed by atoms with van der Waals surface area (Å²) in [6, 6.07) is 6.41. The molecular formula is C25H39N5O3S. The third-order valence-corrected chi connectivity index (χ3v) is 8.35. The highest BCUT2D eigenvalue weighted by Gasteiger charge is 2.28. The van der Waals surface area contributed by atoms with E-state index in [4.69, 9.17) is 9.72 Å². The lowest BCUT2D eigenvalue weighted by atomic mass is 9.94. The molecule has 2 fully saturated rings. The summed E-state index contributed by atoms with van der Waals surface area (Å²) in [5.41, 5.74) is 2.90. The Morgan fingerprint density at radius 1 is 1.21 bits per heavy atom. The highest BCUT2D eigenvalue weighted by atomic mass is 32.2. The molecule has 0 spiro atoms. The van der Waals surface area contributed by atoms with Crippen molar-refractivity contribution in [3.8, 4) is 0 Å². The van der Waals surface area contributed by atoms with Crippen LogP contribution in [0.4, 0.5) is 5.69 Å². The topological polar surface area (TPSA) is 79.7 Å². The van der Waals surface area contributed by atoms with Gasteiger partial charge in [0.25, 0.3) is 0 Å². The van der Waals surface area contributed by atoms with E-state index >= 15 is 0 Å². The fourth-order valence-corrected chi connectivity index (χ4v) is 6.13. The summed E-state index contributed by atoms with van der Waals surface area (Å²) in [6.45, 7) is 12.2. The van der Waals surface area contributed by atoms with Gasteiger partial charge >= 0.3 is 0 Å². The number of anilines is 1. The molecule has 1 aromatic heterocycles. The number of fused-ring (bicyclic) bond motifs is 1. The van der Waals surface area contributed by atoms with Crippen molar-refractivity contribution in [2.24, 2.45) is 5.92 Å². The standard InChI is InChI=1S/C25H39N5O3S/c1-18(31)26-20-8-12-29(13-9-20)34(32)28(5)21-6-7-23-22(16-21)27-24(25(2,3)4)30(23)17-19-10-14-33-15-11-19/h6-7,16,19-20H,8-15,17H2,1-5H3,(H,26,31). The largest absolute Gasteiger partial charge is 0.381 e. The predicted octanol–water partition coefficient (Wildman–Crippen LogP) is 3.38. The van der Waals surface area contributed by atoms with Gasteiger partial charge in [0.05, 0.1) is 16.7 Å². The second-order valence-corrected chi connectivity index (χ2v) is 12.2. The van der Waals surface area contributed by atoms with Crippen molar-refractivity contribution < 1.29 is 13.7 Å². The summed E-state index contributed by atoms with van der Waals surface area (Å²) >= 11 is -1.29. The Kier molecular flexibility index (Phi) is 7.64. The van der Waals surface area contributed by atoms with Gasteiger partial charge in [-0.3, -0.25) is 9.10 Å². The van der Waals surface area contributed by atoms with Crippen molar-refractivity contribution in [2.75, 3.05) is 37.7 Å². The van der Waals surface area contributed by atoms with Gasteiger partial charge < -0.3 is 14.6 Å². The van der Waals surface area contributed by atoms with Crippen molar-refractivity contribution in [3.63, 3.8) is 0 Å². The van der Waals surface area contributed by atoms with Gasteiger partial charge in [-0.2, -0.15) is 0 Å². The zero-order chi connectivity index (χ0) is 24.5. The maximum Gasteiger partial charge on any atom is 0.217 e. The molecule has 2 aliphatic heterocycles. The fraction of sp³-hybridized carbons (Fsp3) is 0.680. The lowest BCUT2D eigenvalue weighted by Gasteiger charge is -2.33. The van der Waals surface area contributed by atoms with E-state index in [1.807, 2.05) is 15.7 Å². The van der Waals surface area contributed by atoms with E-state index in [1.165, 1.54) is 0 Å². The van der Waals surface area contributed by atoms with Crippen LogP contribution in [0.25, 0.3) is 11.0 Å². The van der Waals surface area contributed by atoms with Crippen LogP contribution in [0, 0.1) is 5.92 Å². The molecule has 188 valence electrons. The first-order chi connectivity index (χ1) is 16.1. The normalized spacial score (nSPS) is 19.9. The number of nitrogens with one attached hydrogen (secondary N) is 1. The first-order valence-corrected chi connectivity index (χ1v) is 13.5. The molecule has 0 saturated carbocycles. The quantitative estimate of drug-likeness (QED) is 0.675. The molecule has 1 unspecified atom stereocenters. The molecule has 1 aromatic carbocycles. The van der Waals surface area contributed by atoms with E-state index in [0.29, 0.717) is 19.0 Å². The minimum atomic E-state index is -1.29. The van der Waals surface area contributed by atoms with Crippen LogP contribution in [0.15, 0.2) is 18.2 Å². The minimum absolute atomic E-state index is 0.00382. The molecule has 2 saturated heterocycles. The number of hydrogen-bond acceptors (Lipinski definition) is 4. The number of carbonyl (C=O) groups excluding carboxylic acids is 1. The van der Waals surface area contributed by atoms with Crippen LogP contribution in [0.2, 0.25) is 0 Å². The average Bonchev–Trinajstić information content (AvgIpc) is 3.17. The third kappa shape index (κ3) is 5.63. The monoisotopic (exact) mass is 489 g/mol. The second-order valence-electron chi connectivity index (χ2n) is 10.7. The minimum Gasteiger partial charge on any atom is -0.381 e. The molecule has 0 aliphatic carbocycles. The number of hydrogen-bond donors (Lipinski definition) is 1. The SMILES string of the molecule is CC(=O)NC1CCN(S(=O)N(C)c2ccc3c(c2)nc(C(C)(C)C)n3CC2CCOCC2)CC1. The molecule has 0 radical (unpaired) electrons. The van der Waals surface area contributed by atoms with E-state index < -0.39 is 11.2 Å². The second kappa shape index (κ2) is 10.3. The van der Waals surface area contributed by atoms with E-state index in [0.717, 1.165) is 68.0 Å². The van der Waals surface area contributed by atoms with Crippen LogP contribution in [0.3, 0.4) is 0 Å². The van der Waals surface area contributed by atoms with Gasteiger partial charge in [0.15, 0.2) is 11.2 Å². The van der Waals surface area contributed by atoms with E-state index in [2.05, 4.69) is 48.9 Å². The number of carbonyl (C=O) groups is 1. The molecule has 2 aliphatic rings. The Labute approximate surface area is 205 Å². The van der Waals surface area contributed by atoms with Crippen LogP contribution in [0.1, 0.15) is 59.2 Å². The number of piperidine rings is 1. The Morgan fingerprint density at radius 2 is 1.88 bits per heavy atom. The number of amides is 1. The van der Waals surface area contributed by atoms with Gasteiger partial charge in [-0.25, -0.2) is 13.5 Å². The molecule has 0 bridgehead atoms. The van der Waals surface area contributed by atoms with Gasteiger partial charge in [-0.15, -0.1) is 0 Å². The molecule has 1 atom stereocenters. The first kappa shape index (κ1) is 25.1. The summed E-state index contributed by atoms with van der Waals surface area (Å²) in [5, 5.41) is 2.98. The highest BCUT2D eigenvalue weighted by molar-refractivity contribution is 7.84. The summed E-state index contributed by atoms with van der Waals surface area (Å²) in [6.07, 6.45) is 3.79. The number of aromatic nitrogens is 2. The maximum atomic E-state index is 13.3. The Balaban J connectivity index is 1.53. The van der Waals surface area contributed by atoms with Crippen LogP contribution in [-0.4, -0.2) is 63.4 Å². The van der Waals surface area contributed by atoms with Gasteiger partial charge in [0, 0.05) is 58.3 Å². The number of ether oxygens (including phenoxy) is 1. The van der Waals surface area contributed by atoms with Crippen LogP contribution in [-0.2, 0) is 32.7 Å². The molecule has 4 rings (SSSR count). The van der Waals surface area contributed by atoms with E-state index in [9.17, 15) is 9.00 Å². The lowest BCUT2D eigenvalue weighted by molar-refractivity contribution is -0.119. The summed E-state index contributed by atoms with van der Waals surface area (Å²) in [7, 11) is 1.88. The van der Waals surface area contributed by atoms with Gasteiger partial charge in [-0.1, -0.05) is 20.8 Å². The van der Waals surface area contributed by atoms with Crippen molar-refractivity contribution >= 4 is 33.8 Å². The van der Waals surface area contributed by atoms with Crippen LogP contribution >= 0.6 is 0 Å². The molecule has 2 aromatic rings. The van der Waals surface area contributed by atoms with E-state index in [-0.39, 0.29) is 17.4 Å². The molecular weight excluding hydrogens is 450 g/mol. The Hall–Kier alpha value is -1.97. The van der Waals surface area contributed by atoms with Crippen molar-refractivity contribution in [3.05, 3.63) is 24.0 Å². The summed E-state index contributed by atoms with van der Waals surface area (Å²) in [5.74, 6) is 1.69. The van der Waals surface area contributed by atoms with Crippen molar-refractivity contribution in [1.82, 2.24) is 19.2 Å².